The van der Waals surface area contributed by atoms with Gasteiger partial charge in [-0.25, -0.2) is 0 Å². The van der Waals surface area contributed by atoms with Crippen LogP contribution in [-0.4, -0.2) is 7.11 Å². The fourth-order valence-corrected chi connectivity index (χ4v) is 2.25. The SMILES string of the molecule is COc1cc(C)cc(C)c1.Cc1cc(C)cc(C)c1. The van der Waals surface area contributed by atoms with Crippen LogP contribution in [0.15, 0.2) is 36.4 Å². The highest BCUT2D eigenvalue weighted by atomic mass is 16.5. The van der Waals surface area contributed by atoms with E-state index in [1.165, 1.54) is 27.8 Å². The summed E-state index contributed by atoms with van der Waals surface area (Å²) in [5.74, 6) is 0.942. The minimum absolute atomic E-state index is 0.942. The Kier molecular flexibility index (Phi) is 5.62. The third kappa shape index (κ3) is 5.60. The Hall–Kier alpha value is -1.76. The normalized spacial score (nSPS) is 9.58. The largest absolute Gasteiger partial charge is 0.497 e. The van der Waals surface area contributed by atoms with Gasteiger partial charge in [0.1, 0.15) is 5.75 Å². The minimum Gasteiger partial charge on any atom is -0.497 e. The highest BCUT2D eigenvalue weighted by Gasteiger charge is 1.92. The van der Waals surface area contributed by atoms with E-state index in [-0.39, 0.29) is 0 Å². The van der Waals surface area contributed by atoms with Gasteiger partial charge in [0.25, 0.3) is 0 Å². The lowest BCUT2D eigenvalue weighted by Crippen LogP contribution is -1.84. The molecular weight excluding hydrogens is 232 g/mol. The Labute approximate surface area is 117 Å². The predicted octanol–water partition coefficient (Wildman–Crippen LogP) is 4.92. The zero-order valence-corrected chi connectivity index (χ0v) is 12.9. The first kappa shape index (κ1) is 15.3. The molecule has 0 aliphatic heterocycles. The molecule has 2 rings (SSSR count). The molecule has 0 heterocycles. The van der Waals surface area contributed by atoms with Crippen molar-refractivity contribution in [3.63, 3.8) is 0 Å². The fraction of sp³-hybridized carbons (Fsp3) is 0.333. The Morgan fingerprint density at radius 3 is 1.05 bits per heavy atom. The Balaban J connectivity index is 0.000000191. The van der Waals surface area contributed by atoms with Gasteiger partial charge in [-0.05, 0) is 57.9 Å². The third-order valence-electron chi connectivity index (χ3n) is 2.80. The molecule has 1 heteroatoms. The van der Waals surface area contributed by atoms with E-state index in [4.69, 9.17) is 4.74 Å². The average molecular weight is 256 g/mol. The molecule has 0 amide bonds. The van der Waals surface area contributed by atoms with E-state index in [2.05, 4.69) is 58.9 Å². The summed E-state index contributed by atoms with van der Waals surface area (Å²) in [5, 5.41) is 0. The lowest BCUT2D eigenvalue weighted by molar-refractivity contribution is 0.414. The number of hydrogen-bond donors (Lipinski definition) is 0. The zero-order chi connectivity index (χ0) is 14.4. The Morgan fingerprint density at radius 1 is 0.526 bits per heavy atom. The van der Waals surface area contributed by atoms with Gasteiger partial charge in [-0.1, -0.05) is 41.0 Å². The van der Waals surface area contributed by atoms with Crippen LogP contribution >= 0.6 is 0 Å². The van der Waals surface area contributed by atoms with Gasteiger partial charge in [0.05, 0.1) is 7.11 Å². The van der Waals surface area contributed by atoms with Crippen LogP contribution in [0.2, 0.25) is 0 Å². The van der Waals surface area contributed by atoms with Crippen LogP contribution in [0.5, 0.6) is 5.75 Å². The summed E-state index contributed by atoms with van der Waals surface area (Å²) in [7, 11) is 1.69. The van der Waals surface area contributed by atoms with Crippen molar-refractivity contribution in [3.8, 4) is 5.75 Å². The molecule has 2 aromatic carbocycles. The fourth-order valence-electron chi connectivity index (χ4n) is 2.25. The predicted molar refractivity (Wildman–Crippen MR) is 83.1 cm³/mol. The van der Waals surface area contributed by atoms with Gasteiger partial charge in [0, 0.05) is 0 Å². The first-order chi connectivity index (χ1) is 8.90. The van der Waals surface area contributed by atoms with E-state index >= 15 is 0 Å². The standard InChI is InChI=1S/C9H12O.C9H12/c1-7-4-8(2)6-9(5-7)10-3;1-7-4-8(2)6-9(3)5-7/h4-6H,1-3H3;4-6H,1-3H3. The summed E-state index contributed by atoms with van der Waals surface area (Å²) in [5.41, 5.74) is 6.56. The van der Waals surface area contributed by atoms with Gasteiger partial charge in [0.15, 0.2) is 0 Å². The van der Waals surface area contributed by atoms with Crippen LogP contribution in [0.25, 0.3) is 0 Å². The molecule has 0 saturated heterocycles. The maximum Gasteiger partial charge on any atom is 0.119 e. The molecular formula is C18H24O. The van der Waals surface area contributed by atoms with Crippen molar-refractivity contribution in [2.45, 2.75) is 34.6 Å². The Bertz CT molecular complexity index is 471. The molecule has 0 radical (unpaired) electrons. The molecule has 0 fully saturated rings. The maximum absolute atomic E-state index is 5.08. The lowest BCUT2D eigenvalue weighted by Gasteiger charge is -2.01. The van der Waals surface area contributed by atoms with Gasteiger partial charge in [-0.2, -0.15) is 0 Å². The van der Waals surface area contributed by atoms with E-state index in [0.717, 1.165) is 5.75 Å². The molecule has 0 aromatic heterocycles. The van der Waals surface area contributed by atoms with Crippen molar-refractivity contribution in [2.75, 3.05) is 7.11 Å². The summed E-state index contributed by atoms with van der Waals surface area (Å²) in [6.45, 7) is 10.5. The molecule has 0 aliphatic rings. The van der Waals surface area contributed by atoms with Crippen molar-refractivity contribution in [2.24, 2.45) is 0 Å². The van der Waals surface area contributed by atoms with Crippen LogP contribution in [0.3, 0.4) is 0 Å². The molecule has 19 heavy (non-hydrogen) atoms. The van der Waals surface area contributed by atoms with Crippen LogP contribution in [-0.2, 0) is 0 Å². The summed E-state index contributed by atoms with van der Waals surface area (Å²) in [4.78, 5) is 0. The second-order valence-electron chi connectivity index (χ2n) is 5.19. The van der Waals surface area contributed by atoms with E-state index in [0.29, 0.717) is 0 Å². The van der Waals surface area contributed by atoms with Gasteiger partial charge in [0.2, 0.25) is 0 Å². The van der Waals surface area contributed by atoms with Gasteiger partial charge < -0.3 is 4.74 Å². The van der Waals surface area contributed by atoms with E-state index in [1.807, 2.05) is 12.1 Å². The first-order valence-corrected chi connectivity index (χ1v) is 6.58. The molecule has 0 N–H and O–H groups in total. The summed E-state index contributed by atoms with van der Waals surface area (Å²) in [6, 6.07) is 12.7. The van der Waals surface area contributed by atoms with Gasteiger partial charge >= 0.3 is 0 Å². The number of methoxy groups -OCH3 is 1. The van der Waals surface area contributed by atoms with E-state index < -0.39 is 0 Å². The highest BCUT2D eigenvalue weighted by Crippen LogP contribution is 2.14. The number of benzene rings is 2. The zero-order valence-electron chi connectivity index (χ0n) is 12.9. The van der Waals surface area contributed by atoms with Gasteiger partial charge in [-0.3, -0.25) is 0 Å². The molecule has 1 nitrogen and oxygen atoms in total. The van der Waals surface area contributed by atoms with Gasteiger partial charge in [-0.15, -0.1) is 0 Å². The van der Waals surface area contributed by atoms with Crippen LogP contribution in [0.1, 0.15) is 27.8 Å². The van der Waals surface area contributed by atoms with Crippen LogP contribution in [0, 0.1) is 34.6 Å². The second-order valence-corrected chi connectivity index (χ2v) is 5.19. The van der Waals surface area contributed by atoms with Crippen molar-refractivity contribution in [3.05, 3.63) is 64.2 Å². The molecule has 0 bridgehead atoms. The molecule has 0 saturated carbocycles. The highest BCUT2D eigenvalue weighted by molar-refractivity contribution is 5.32. The van der Waals surface area contributed by atoms with Crippen molar-refractivity contribution in [1.82, 2.24) is 0 Å². The number of hydrogen-bond acceptors (Lipinski definition) is 1. The van der Waals surface area contributed by atoms with E-state index in [1.54, 1.807) is 7.11 Å². The van der Waals surface area contributed by atoms with E-state index in [9.17, 15) is 0 Å². The van der Waals surface area contributed by atoms with Crippen molar-refractivity contribution < 1.29 is 4.74 Å². The van der Waals surface area contributed by atoms with Crippen molar-refractivity contribution >= 4 is 0 Å². The van der Waals surface area contributed by atoms with Crippen molar-refractivity contribution in [1.29, 1.82) is 0 Å². The number of ether oxygens (including phenoxy) is 1. The molecule has 0 aliphatic carbocycles. The summed E-state index contributed by atoms with van der Waals surface area (Å²) >= 11 is 0. The average Bonchev–Trinajstić information content (AvgIpc) is 2.26. The third-order valence-corrected chi connectivity index (χ3v) is 2.80. The lowest BCUT2D eigenvalue weighted by atomic mass is 10.1. The smallest absolute Gasteiger partial charge is 0.119 e. The Morgan fingerprint density at radius 2 is 0.789 bits per heavy atom. The molecule has 0 spiro atoms. The monoisotopic (exact) mass is 256 g/mol. The molecule has 2 aromatic rings. The number of aryl methyl sites for hydroxylation is 5. The maximum atomic E-state index is 5.08. The number of rotatable bonds is 1. The quantitative estimate of drug-likeness (QED) is 0.703. The van der Waals surface area contributed by atoms with Crippen LogP contribution in [0.4, 0.5) is 0 Å². The second kappa shape index (κ2) is 6.98. The first-order valence-electron chi connectivity index (χ1n) is 6.58. The topological polar surface area (TPSA) is 9.23 Å². The summed E-state index contributed by atoms with van der Waals surface area (Å²) < 4.78 is 5.08. The summed E-state index contributed by atoms with van der Waals surface area (Å²) in [6.07, 6.45) is 0. The molecule has 0 atom stereocenters. The molecule has 102 valence electrons. The minimum atomic E-state index is 0.942. The van der Waals surface area contributed by atoms with Crippen LogP contribution < -0.4 is 4.74 Å². The molecule has 0 unspecified atom stereocenters.